The Labute approximate surface area is 190 Å². The standard InChI is InChI=1S/C28H30O4/c29-18-16-23(17-19-31-21-24-10-4-1-5-11-24)20-27(26-14-8-3-9-15-26)28(30)32-22-25-12-6-2-7-13-25/h1-15,18,23,27H,16-17,19-22H2. The average Bonchev–Trinajstić information content (AvgIpc) is 2.85. The molecule has 3 rings (SSSR count). The average molecular weight is 431 g/mol. The second kappa shape index (κ2) is 13.2. The molecule has 0 aliphatic rings. The summed E-state index contributed by atoms with van der Waals surface area (Å²) in [5.41, 5.74) is 2.98. The van der Waals surface area contributed by atoms with Crippen molar-refractivity contribution in [3.63, 3.8) is 0 Å². The zero-order valence-corrected chi connectivity index (χ0v) is 18.3. The number of carbonyl (C=O) groups is 2. The van der Waals surface area contributed by atoms with Gasteiger partial charge in [0.1, 0.15) is 12.9 Å². The molecule has 0 aromatic heterocycles. The number of carbonyl (C=O) groups excluding carboxylic acids is 2. The van der Waals surface area contributed by atoms with Gasteiger partial charge in [-0.1, -0.05) is 91.0 Å². The summed E-state index contributed by atoms with van der Waals surface area (Å²) < 4.78 is 11.5. The van der Waals surface area contributed by atoms with E-state index in [-0.39, 0.29) is 18.5 Å². The minimum Gasteiger partial charge on any atom is -0.460 e. The van der Waals surface area contributed by atoms with Crippen LogP contribution in [0, 0.1) is 5.92 Å². The van der Waals surface area contributed by atoms with E-state index in [0.717, 1.165) is 23.0 Å². The SMILES string of the molecule is O=CCC(CCOCc1ccccc1)CC(C(=O)OCc1ccccc1)c1ccccc1. The summed E-state index contributed by atoms with van der Waals surface area (Å²) in [6.07, 6.45) is 2.58. The van der Waals surface area contributed by atoms with E-state index in [1.807, 2.05) is 91.0 Å². The maximum absolute atomic E-state index is 13.0. The third-order valence-corrected chi connectivity index (χ3v) is 5.49. The Kier molecular flexibility index (Phi) is 9.69. The van der Waals surface area contributed by atoms with Gasteiger partial charge in [-0.15, -0.1) is 0 Å². The maximum atomic E-state index is 13.0. The first-order valence-corrected chi connectivity index (χ1v) is 11.1. The number of aldehydes is 1. The summed E-state index contributed by atoms with van der Waals surface area (Å²) >= 11 is 0. The van der Waals surface area contributed by atoms with E-state index >= 15 is 0 Å². The van der Waals surface area contributed by atoms with E-state index in [1.165, 1.54) is 0 Å². The summed E-state index contributed by atoms with van der Waals surface area (Å²) in [5, 5.41) is 0. The quantitative estimate of drug-likeness (QED) is 0.198. The Morgan fingerprint density at radius 3 is 1.94 bits per heavy atom. The highest BCUT2D eigenvalue weighted by atomic mass is 16.5. The number of hydrogen-bond acceptors (Lipinski definition) is 4. The van der Waals surface area contributed by atoms with Crippen molar-refractivity contribution >= 4 is 12.3 Å². The first kappa shape index (κ1) is 23.4. The zero-order chi connectivity index (χ0) is 22.4. The van der Waals surface area contributed by atoms with Crippen LogP contribution in [-0.2, 0) is 32.3 Å². The number of benzene rings is 3. The Hall–Kier alpha value is -3.24. The first-order chi connectivity index (χ1) is 15.8. The van der Waals surface area contributed by atoms with Gasteiger partial charge >= 0.3 is 5.97 Å². The van der Waals surface area contributed by atoms with E-state index in [0.29, 0.717) is 32.5 Å². The first-order valence-electron chi connectivity index (χ1n) is 11.1. The molecule has 2 unspecified atom stereocenters. The molecule has 166 valence electrons. The normalized spacial score (nSPS) is 12.6. The van der Waals surface area contributed by atoms with Crippen molar-refractivity contribution in [3.05, 3.63) is 108 Å². The minimum absolute atomic E-state index is 0.0396. The lowest BCUT2D eigenvalue weighted by Gasteiger charge is -2.22. The predicted molar refractivity (Wildman–Crippen MR) is 125 cm³/mol. The molecule has 0 fully saturated rings. The molecule has 0 aliphatic carbocycles. The van der Waals surface area contributed by atoms with Crippen LogP contribution >= 0.6 is 0 Å². The third-order valence-electron chi connectivity index (χ3n) is 5.49. The molecule has 0 N–H and O–H groups in total. The van der Waals surface area contributed by atoms with Crippen molar-refractivity contribution in [2.75, 3.05) is 6.61 Å². The molecule has 0 bridgehead atoms. The van der Waals surface area contributed by atoms with Crippen LogP contribution in [0.2, 0.25) is 0 Å². The van der Waals surface area contributed by atoms with Crippen molar-refractivity contribution in [3.8, 4) is 0 Å². The molecule has 0 spiro atoms. The maximum Gasteiger partial charge on any atom is 0.313 e. The van der Waals surface area contributed by atoms with Crippen LogP contribution in [0.4, 0.5) is 0 Å². The van der Waals surface area contributed by atoms with E-state index in [9.17, 15) is 9.59 Å². The Bertz CT molecular complexity index is 925. The Morgan fingerprint density at radius 2 is 1.34 bits per heavy atom. The molecule has 0 heterocycles. The summed E-state index contributed by atoms with van der Waals surface area (Å²) in [7, 11) is 0. The highest BCUT2D eigenvalue weighted by Gasteiger charge is 2.26. The topological polar surface area (TPSA) is 52.6 Å². The van der Waals surface area contributed by atoms with Crippen LogP contribution < -0.4 is 0 Å². The van der Waals surface area contributed by atoms with Crippen molar-refractivity contribution in [1.82, 2.24) is 0 Å². The molecule has 0 amide bonds. The molecule has 0 aliphatic heterocycles. The lowest BCUT2D eigenvalue weighted by atomic mass is 9.86. The molecular formula is C28H30O4. The van der Waals surface area contributed by atoms with Crippen molar-refractivity contribution < 1.29 is 19.1 Å². The largest absolute Gasteiger partial charge is 0.460 e. The van der Waals surface area contributed by atoms with Crippen LogP contribution in [0.5, 0.6) is 0 Å². The van der Waals surface area contributed by atoms with E-state index in [2.05, 4.69) is 0 Å². The van der Waals surface area contributed by atoms with Crippen LogP contribution in [0.25, 0.3) is 0 Å². The van der Waals surface area contributed by atoms with Gasteiger partial charge in [0, 0.05) is 13.0 Å². The van der Waals surface area contributed by atoms with E-state index < -0.39 is 5.92 Å². The lowest BCUT2D eigenvalue weighted by Crippen LogP contribution is -2.20. The molecular weight excluding hydrogens is 400 g/mol. The van der Waals surface area contributed by atoms with Gasteiger partial charge in [0.25, 0.3) is 0 Å². The molecule has 4 nitrogen and oxygen atoms in total. The van der Waals surface area contributed by atoms with Crippen molar-refractivity contribution in [2.45, 2.75) is 38.4 Å². The lowest BCUT2D eigenvalue weighted by molar-refractivity contribution is -0.147. The number of esters is 1. The van der Waals surface area contributed by atoms with Crippen molar-refractivity contribution in [1.29, 1.82) is 0 Å². The van der Waals surface area contributed by atoms with Crippen LogP contribution in [-0.4, -0.2) is 18.9 Å². The van der Waals surface area contributed by atoms with Gasteiger partial charge in [-0.3, -0.25) is 4.79 Å². The van der Waals surface area contributed by atoms with Gasteiger partial charge in [0.05, 0.1) is 12.5 Å². The fourth-order valence-electron chi connectivity index (χ4n) is 3.70. The predicted octanol–water partition coefficient (Wildman–Crippen LogP) is 5.72. The van der Waals surface area contributed by atoms with E-state index in [4.69, 9.17) is 9.47 Å². The van der Waals surface area contributed by atoms with Gasteiger partial charge in [0.15, 0.2) is 0 Å². The molecule has 4 heteroatoms. The molecule has 2 atom stereocenters. The molecule has 3 aromatic carbocycles. The van der Waals surface area contributed by atoms with Gasteiger partial charge in [-0.05, 0) is 35.4 Å². The molecule has 3 aromatic rings. The summed E-state index contributed by atoms with van der Waals surface area (Å²) in [6.45, 7) is 1.31. The van der Waals surface area contributed by atoms with Gasteiger partial charge in [0.2, 0.25) is 0 Å². The number of ether oxygens (including phenoxy) is 2. The Morgan fingerprint density at radius 1 is 0.781 bits per heavy atom. The van der Waals surface area contributed by atoms with Crippen LogP contribution in [0.3, 0.4) is 0 Å². The highest BCUT2D eigenvalue weighted by Crippen LogP contribution is 2.29. The summed E-state index contributed by atoms with van der Waals surface area (Å²) in [5.74, 6) is -0.641. The number of rotatable bonds is 13. The van der Waals surface area contributed by atoms with Crippen molar-refractivity contribution in [2.24, 2.45) is 5.92 Å². The zero-order valence-electron chi connectivity index (χ0n) is 18.3. The fraction of sp³-hybridized carbons (Fsp3) is 0.286. The van der Waals surface area contributed by atoms with Crippen LogP contribution in [0.1, 0.15) is 41.9 Å². The molecule has 0 saturated heterocycles. The molecule has 0 radical (unpaired) electrons. The minimum atomic E-state index is -0.418. The molecule has 0 saturated carbocycles. The third kappa shape index (κ3) is 7.78. The smallest absolute Gasteiger partial charge is 0.313 e. The number of hydrogen-bond donors (Lipinski definition) is 0. The van der Waals surface area contributed by atoms with Gasteiger partial charge in [-0.2, -0.15) is 0 Å². The second-order valence-corrected chi connectivity index (χ2v) is 7.89. The summed E-state index contributed by atoms with van der Waals surface area (Å²) in [4.78, 5) is 24.3. The fourth-order valence-corrected chi connectivity index (χ4v) is 3.70. The van der Waals surface area contributed by atoms with Gasteiger partial charge < -0.3 is 14.3 Å². The van der Waals surface area contributed by atoms with Gasteiger partial charge in [-0.25, -0.2) is 0 Å². The molecule has 32 heavy (non-hydrogen) atoms. The van der Waals surface area contributed by atoms with Crippen LogP contribution in [0.15, 0.2) is 91.0 Å². The van der Waals surface area contributed by atoms with E-state index in [1.54, 1.807) is 0 Å². The Balaban J connectivity index is 1.60. The monoisotopic (exact) mass is 430 g/mol. The highest BCUT2D eigenvalue weighted by molar-refractivity contribution is 5.78. The summed E-state index contributed by atoms with van der Waals surface area (Å²) in [6, 6.07) is 29.3. The second-order valence-electron chi connectivity index (χ2n) is 7.89.